The predicted molar refractivity (Wildman–Crippen MR) is 114 cm³/mol. The molecule has 1 saturated heterocycles. The molecule has 3 aliphatic rings. The summed E-state index contributed by atoms with van der Waals surface area (Å²) in [6.45, 7) is 6.14. The van der Waals surface area contributed by atoms with Crippen LogP contribution in [0.2, 0.25) is 0 Å². The van der Waals surface area contributed by atoms with Crippen LogP contribution in [0.5, 0.6) is 11.5 Å². The molecule has 6 nitrogen and oxygen atoms in total. The predicted octanol–water partition coefficient (Wildman–Crippen LogP) is 3.51. The molecule has 3 atom stereocenters. The van der Waals surface area contributed by atoms with Crippen LogP contribution in [0.15, 0.2) is 43.0 Å². The third-order valence-electron chi connectivity index (χ3n) is 6.41. The molecule has 30 heavy (non-hydrogen) atoms. The normalized spacial score (nSPS) is 27.2. The summed E-state index contributed by atoms with van der Waals surface area (Å²) in [5, 5.41) is 3.18. The van der Waals surface area contributed by atoms with Gasteiger partial charge in [-0.05, 0) is 56.7 Å². The molecule has 3 heterocycles. The van der Waals surface area contributed by atoms with E-state index in [2.05, 4.69) is 31.0 Å². The average molecular weight is 411 g/mol. The number of carbonyl (C=O) groups excluding carboxylic acids is 2. The largest absolute Gasteiger partial charge is 0.454 e. The minimum Gasteiger partial charge on any atom is -0.454 e. The highest BCUT2D eigenvalue weighted by Crippen LogP contribution is 2.36. The summed E-state index contributed by atoms with van der Waals surface area (Å²) < 4.78 is 10.9. The van der Waals surface area contributed by atoms with Crippen LogP contribution in [0.3, 0.4) is 0 Å². The van der Waals surface area contributed by atoms with Crippen molar-refractivity contribution in [2.75, 3.05) is 6.79 Å². The number of amides is 2. The van der Waals surface area contributed by atoms with E-state index in [9.17, 15) is 9.59 Å². The van der Waals surface area contributed by atoms with E-state index >= 15 is 0 Å². The number of fused-ring (bicyclic) bond motifs is 1. The fourth-order valence-corrected chi connectivity index (χ4v) is 4.90. The number of nitrogens with one attached hydrogen (secondary N) is 1. The molecular weight excluding hydrogens is 380 g/mol. The second-order valence-corrected chi connectivity index (χ2v) is 8.58. The quantitative estimate of drug-likeness (QED) is 0.699. The van der Waals surface area contributed by atoms with E-state index in [1.165, 1.54) is 0 Å². The molecule has 0 radical (unpaired) electrons. The Morgan fingerprint density at radius 1 is 1.37 bits per heavy atom. The number of carbonyl (C=O) groups is 2. The molecule has 0 aromatic heterocycles. The van der Waals surface area contributed by atoms with E-state index in [1.54, 1.807) is 0 Å². The van der Waals surface area contributed by atoms with E-state index in [0.29, 0.717) is 25.7 Å². The lowest BCUT2D eigenvalue weighted by Gasteiger charge is -2.38. The SMILES string of the molecule is C=CC[C@@H]1CC=C[C@@H](C)N1C(=O)CCC1(Cc2ccc3c(c2)OCO3)CCC(=O)N1. The highest BCUT2D eigenvalue weighted by Gasteiger charge is 2.39. The molecule has 3 aliphatic heterocycles. The van der Waals surface area contributed by atoms with Gasteiger partial charge in [0.05, 0.1) is 0 Å². The average Bonchev–Trinajstić information content (AvgIpc) is 3.33. The minimum atomic E-state index is -0.400. The fourth-order valence-electron chi connectivity index (χ4n) is 4.90. The Kier molecular flexibility index (Phi) is 5.84. The van der Waals surface area contributed by atoms with Gasteiger partial charge in [-0.1, -0.05) is 24.3 Å². The van der Waals surface area contributed by atoms with Crippen molar-refractivity contribution in [3.8, 4) is 11.5 Å². The van der Waals surface area contributed by atoms with Gasteiger partial charge in [0.1, 0.15) is 0 Å². The van der Waals surface area contributed by atoms with Crippen LogP contribution in [0.25, 0.3) is 0 Å². The van der Waals surface area contributed by atoms with Crippen molar-refractivity contribution in [2.45, 2.75) is 69.5 Å². The number of nitrogens with zero attached hydrogens (tertiary/aromatic N) is 1. The van der Waals surface area contributed by atoms with Crippen molar-refractivity contribution >= 4 is 11.8 Å². The Hall–Kier alpha value is -2.76. The molecule has 0 bridgehead atoms. The van der Waals surface area contributed by atoms with Gasteiger partial charge in [0.2, 0.25) is 18.6 Å². The summed E-state index contributed by atoms with van der Waals surface area (Å²) >= 11 is 0. The van der Waals surface area contributed by atoms with Crippen LogP contribution in [0.4, 0.5) is 0 Å². The first-order valence-electron chi connectivity index (χ1n) is 10.8. The second-order valence-electron chi connectivity index (χ2n) is 8.58. The van der Waals surface area contributed by atoms with Crippen molar-refractivity contribution in [3.05, 3.63) is 48.6 Å². The van der Waals surface area contributed by atoms with Gasteiger partial charge >= 0.3 is 0 Å². The summed E-state index contributed by atoms with van der Waals surface area (Å²) in [5.74, 6) is 1.69. The minimum absolute atomic E-state index is 0.0574. The van der Waals surface area contributed by atoms with E-state index in [-0.39, 0.29) is 30.7 Å². The van der Waals surface area contributed by atoms with E-state index < -0.39 is 5.54 Å². The van der Waals surface area contributed by atoms with Crippen LogP contribution < -0.4 is 14.8 Å². The first-order valence-corrected chi connectivity index (χ1v) is 10.8. The van der Waals surface area contributed by atoms with Gasteiger partial charge in [0.25, 0.3) is 0 Å². The van der Waals surface area contributed by atoms with Crippen LogP contribution in [-0.4, -0.2) is 41.1 Å². The molecule has 0 spiro atoms. The lowest BCUT2D eigenvalue weighted by Crippen LogP contribution is -2.49. The second kappa shape index (κ2) is 8.54. The topological polar surface area (TPSA) is 67.9 Å². The number of rotatable bonds is 7. The Bertz CT molecular complexity index is 865. The van der Waals surface area contributed by atoms with Gasteiger partial charge in [-0.2, -0.15) is 0 Å². The molecule has 1 unspecified atom stereocenters. The maximum atomic E-state index is 13.2. The molecule has 0 saturated carbocycles. The smallest absolute Gasteiger partial charge is 0.231 e. The zero-order valence-electron chi connectivity index (χ0n) is 17.6. The number of hydrogen-bond acceptors (Lipinski definition) is 4. The highest BCUT2D eigenvalue weighted by molar-refractivity contribution is 5.80. The van der Waals surface area contributed by atoms with Gasteiger partial charge in [-0.25, -0.2) is 0 Å². The summed E-state index contributed by atoms with van der Waals surface area (Å²) in [4.78, 5) is 27.3. The van der Waals surface area contributed by atoms with Gasteiger partial charge in [-0.15, -0.1) is 6.58 Å². The maximum absolute atomic E-state index is 13.2. The number of benzene rings is 1. The van der Waals surface area contributed by atoms with Crippen molar-refractivity contribution in [1.82, 2.24) is 10.2 Å². The summed E-state index contributed by atoms with van der Waals surface area (Å²) in [6, 6.07) is 6.15. The summed E-state index contributed by atoms with van der Waals surface area (Å²) in [5.41, 5.74) is 0.677. The molecule has 0 aliphatic carbocycles. The Morgan fingerprint density at radius 3 is 2.97 bits per heavy atom. The summed E-state index contributed by atoms with van der Waals surface area (Å²) in [7, 11) is 0. The van der Waals surface area contributed by atoms with Crippen molar-refractivity contribution in [1.29, 1.82) is 0 Å². The molecule has 1 aromatic rings. The van der Waals surface area contributed by atoms with Crippen molar-refractivity contribution in [2.24, 2.45) is 0 Å². The standard InChI is InChI=1S/C24H30N2O4/c1-3-5-19-7-4-6-17(2)26(19)23(28)11-13-24(12-10-22(27)25-24)15-18-8-9-20-21(14-18)30-16-29-20/h3-4,6,8-9,14,17,19H,1,5,7,10-13,15-16H2,2H3,(H,25,27)/t17-,19-,24?/m1/s1. The zero-order valence-corrected chi connectivity index (χ0v) is 17.6. The van der Waals surface area contributed by atoms with Crippen LogP contribution in [0, 0.1) is 0 Å². The Morgan fingerprint density at radius 2 is 2.20 bits per heavy atom. The maximum Gasteiger partial charge on any atom is 0.231 e. The molecule has 1 aromatic carbocycles. The van der Waals surface area contributed by atoms with E-state index in [0.717, 1.165) is 36.3 Å². The molecule has 4 rings (SSSR count). The third kappa shape index (κ3) is 4.23. The zero-order chi connectivity index (χ0) is 21.1. The molecule has 2 amide bonds. The van der Waals surface area contributed by atoms with Gasteiger partial charge in [-0.3, -0.25) is 9.59 Å². The van der Waals surface area contributed by atoms with Gasteiger partial charge < -0.3 is 19.7 Å². The van der Waals surface area contributed by atoms with Crippen LogP contribution in [-0.2, 0) is 16.0 Å². The van der Waals surface area contributed by atoms with E-state index in [4.69, 9.17) is 9.47 Å². The van der Waals surface area contributed by atoms with Gasteiger partial charge in [0.15, 0.2) is 11.5 Å². The number of hydrogen-bond donors (Lipinski definition) is 1. The Labute approximate surface area is 177 Å². The lowest BCUT2D eigenvalue weighted by molar-refractivity contribution is -0.135. The molecule has 160 valence electrons. The molecule has 6 heteroatoms. The first kappa shape index (κ1) is 20.5. The fraction of sp³-hybridized carbons (Fsp3) is 0.500. The molecule has 1 fully saturated rings. The van der Waals surface area contributed by atoms with Crippen LogP contribution in [0.1, 0.15) is 51.0 Å². The van der Waals surface area contributed by atoms with E-state index in [1.807, 2.05) is 29.2 Å². The molecular formula is C24H30N2O4. The van der Waals surface area contributed by atoms with Crippen molar-refractivity contribution < 1.29 is 19.1 Å². The third-order valence-corrected chi connectivity index (χ3v) is 6.41. The van der Waals surface area contributed by atoms with Gasteiger partial charge in [0, 0.05) is 30.5 Å². The monoisotopic (exact) mass is 410 g/mol. The first-order chi connectivity index (χ1) is 14.5. The molecule has 1 N–H and O–H groups in total. The summed E-state index contributed by atoms with van der Waals surface area (Å²) in [6.07, 6.45) is 10.7. The lowest BCUT2D eigenvalue weighted by atomic mass is 9.84. The van der Waals surface area contributed by atoms with Crippen molar-refractivity contribution in [3.63, 3.8) is 0 Å². The van der Waals surface area contributed by atoms with Crippen LogP contribution >= 0.6 is 0 Å². The highest BCUT2D eigenvalue weighted by atomic mass is 16.7. The number of ether oxygens (including phenoxy) is 2. The Balaban J connectivity index is 1.46.